The van der Waals surface area contributed by atoms with Gasteiger partial charge in [-0.1, -0.05) is 25.1 Å². The maximum atomic E-state index is 12.4. The number of amides is 1. The molecule has 4 nitrogen and oxygen atoms in total. The molecule has 0 radical (unpaired) electrons. The van der Waals surface area contributed by atoms with Crippen molar-refractivity contribution in [3.05, 3.63) is 53.7 Å². The van der Waals surface area contributed by atoms with Crippen LogP contribution in [0.25, 0.3) is 0 Å². The van der Waals surface area contributed by atoms with Gasteiger partial charge in [-0.05, 0) is 24.1 Å². The number of hydrogen-bond donors (Lipinski definition) is 2. The van der Waals surface area contributed by atoms with Crippen LogP contribution in [0.4, 0.5) is 24.7 Å². The lowest BCUT2D eigenvalue weighted by Gasteiger charge is -2.09. The van der Waals surface area contributed by atoms with Gasteiger partial charge in [0.2, 0.25) is 0 Å². The third-order valence-electron chi connectivity index (χ3n) is 3.25. The maximum absolute atomic E-state index is 12.4. The first-order chi connectivity index (χ1) is 10.9. The van der Waals surface area contributed by atoms with Crippen LogP contribution in [0, 0.1) is 0 Å². The number of pyridine rings is 1. The number of carbonyl (C=O) groups excluding carboxylic acids is 1. The number of rotatable bonds is 5. The molecule has 122 valence electrons. The van der Waals surface area contributed by atoms with Crippen LogP contribution in [-0.2, 0) is 17.4 Å². The second-order valence-electron chi connectivity index (χ2n) is 4.90. The second kappa shape index (κ2) is 7.13. The SMILES string of the molecule is CCc1ccccc1NC(=O)CNc1ccc(C(F)(F)F)c[nH+]1. The lowest BCUT2D eigenvalue weighted by Crippen LogP contribution is -2.25. The van der Waals surface area contributed by atoms with Gasteiger partial charge in [-0.25, -0.2) is 4.98 Å². The predicted octanol–water partition coefficient (Wildman–Crippen LogP) is 3.13. The molecule has 0 saturated carbocycles. The fourth-order valence-electron chi connectivity index (χ4n) is 2.03. The van der Waals surface area contributed by atoms with E-state index >= 15 is 0 Å². The third-order valence-corrected chi connectivity index (χ3v) is 3.25. The minimum Gasteiger partial charge on any atom is -0.322 e. The molecule has 0 atom stereocenters. The summed E-state index contributed by atoms with van der Waals surface area (Å²) in [5.74, 6) is 0.0520. The Balaban J connectivity index is 1.92. The highest BCUT2D eigenvalue weighted by atomic mass is 19.4. The number of benzene rings is 1. The molecule has 0 unspecified atom stereocenters. The van der Waals surface area contributed by atoms with Gasteiger partial charge in [-0.3, -0.25) is 10.1 Å². The monoisotopic (exact) mass is 324 g/mol. The summed E-state index contributed by atoms with van der Waals surface area (Å²) in [5.41, 5.74) is 0.976. The van der Waals surface area contributed by atoms with Gasteiger partial charge in [0.15, 0.2) is 6.54 Å². The number of anilines is 2. The number of alkyl halides is 3. The Morgan fingerprint density at radius 1 is 1.17 bits per heavy atom. The summed E-state index contributed by atoms with van der Waals surface area (Å²) >= 11 is 0. The number of halogens is 3. The zero-order valence-corrected chi connectivity index (χ0v) is 12.5. The van der Waals surface area contributed by atoms with Crippen molar-refractivity contribution in [2.24, 2.45) is 0 Å². The van der Waals surface area contributed by atoms with Gasteiger partial charge >= 0.3 is 6.18 Å². The topological polar surface area (TPSA) is 55.3 Å². The minimum absolute atomic E-state index is 0.0556. The second-order valence-corrected chi connectivity index (χ2v) is 4.90. The van der Waals surface area contributed by atoms with Crippen molar-refractivity contribution in [1.82, 2.24) is 0 Å². The molecule has 2 rings (SSSR count). The van der Waals surface area contributed by atoms with Gasteiger partial charge in [0.25, 0.3) is 11.7 Å². The lowest BCUT2D eigenvalue weighted by atomic mass is 10.1. The fourth-order valence-corrected chi connectivity index (χ4v) is 2.03. The van der Waals surface area contributed by atoms with E-state index in [1.807, 2.05) is 25.1 Å². The summed E-state index contributed by atoms with van der Waals surface area (Å²) in [6.45, 7) is 1.93. The molecule has 1 amide bonds. The van der Waals surface area contributed by atoms with E-state index in [0.29, 0.717) is 5.82 Å². The average molecular weight is 324 g/mol. The number of H-pyrrole nitrogens is 1. The highest BCUT2D eigenvalue weighted by Gasteiger charge is 2.31. The van der Waals surface area contributed by atoms with Crippen molar-refractivity contribution in [2.75, 3.05) is 17.2 Å². The molecule has 23 heavy (non-hydrogen) atoms. The normalized spacial score (nSPS) is 11.1. The van der Waals surface area contributed by atoms with Crippen LogP contribution in [0.15, 0.2) is 42.6 Å². The highest BCUT2D eigenvalue weighted by Crippen LogP contribution is 2.28. The zero-order valence-electron chi connectivity index (χ0n) is 12.5. The van der Waals surface area contributed by atoms with Gasteiger partial charge < -0.3 is 5.32 Å². The molecular formula is C16H17F3N3O+. The molecule has 1 heterocycles. The van der Waals surface area contributed by atoms with Crippen molar-refractivity contribution in [3.63, 3.8) is 0 Å². The molecule has 1 aromatic carbocycles. The molecule has 7 heteroatoms. The molecule has 3 N–H and O–H groups in total. The van der Waals surface area contributed by atoms with E-state index in [1.54, 1.807) is 6.07 Å². The van der Waals surface area contributed by atoms with Crippen LogP contribution < -0.4 is 15.6 Å². The van der Waals surface area contributed by atoms with Crippen LogP contribution in [0.3, 0.4) is 0 Å². The van der Waals surface area contributed by atoms with E-state index in [0.717, 1.165) is 29.9 Å². The molecule has 0 aliphatic carbocycles. The van der Waals surface area contributed by atoms with Crippen LogP contribution in [0.5, 0.6) is 0 Å². The van der Waals surface area contributed by atoms with Gasteiger partial charge in [-0.15, -0.1) is 0 Å². The fraction of sp³-hybridized carbons (Fsp3) is 0.250. The zero-order chi connectivity index (χ0) is 16.9. The van der Waals surface area contributed by atoms with E-state index in [-0.39, 0.29) is 12.5 Å². The first kappa shape index (κ1) is 16.8. The first-order valence-electron chi connectivity index (χ1n) is 7.10. The number of para-hydroxylation sites is 1. The van der Waals surface area contributed by atoms with Gasteiger partial charge in [0.1, 0.15) is 6.20 Å². The van der Waals surface area contributed by atoms with Crippen molar-refractivity contribution < 1.29 is 22.9 Å². The van der Waals surface area contributed by atoms with Gasteiger partial charge in [0, 0.05) is 11.8 Å². The van der Waals surface area contributed by atoms with E-state index in [9.17, 15) is 18.0 Å². The minimum atomic E-state index is -4.39. The Morgan fingerprint density at radius 2 is 1.91 bits per heavy atom. The maximum Gasteiger partial charge on any atom is 0.419 e. The van der Waals surface area contributed by atoms with Crippen molar-refractivity contribution in [1.29, 1.82) is 0 Å². The third kappa shape index (κ3) is 4.70. The van der Waals surface area contributed by atoms with Crippen LogP contribution in [-0.4, -0.2) is 12.5 Å². The molecule has 0 aliphatic rings. The molecular weight excluding hydrogens is 307 g/mol. The quantitative estimate of drug-likeness (QED) is 0.888. The summed E-state index contributed by atoms with van der Waals surface area (Å²) in [5, 5.41) is 5.52. The average Bonchev–Trinajstić information content (AvgIpc) is 2.53. The number of aryl methyl sites for hydroxylation is 1. The van der Waals surface area contributed by atoms with E-state index in [2.05, 4.69) is 15.6 Å². The molecule has 1 aromatic heterocycles. The Labute approximate surface area is 131 Å². The van der Waals surface area contributed by atoms with Crippen LogP contribution >= 0.6 is 0 Å². The Kier molecular flexibility index (Phi) is 5.20. The summed E-state index contributed by atoms with van der Waals surface area (Å²) in [6, 6.07) is 9.64. The molecule has 0 bridgehead atoms. The summed E-state index contributed by atoms with van der Waals surface area (Å²) in [6.07, 6.45) is -2.75. The summed E-state index contributed by atoms with van der Waals surface area (Å²) in [7, 11) is 0. The van der Waals surface area contributed by atoms with Crippen LogP contribution in [0.1, 0.15) is 18.1 Å². The van der Waals surface area contributed by atoms with Crippen molar-refractivity contribution in [2.45, 2.75) is 19.5 Å². The smallest absolute Gasteiger partial charge is 0.322 e. The Hall–Kier alpha value is -2.57. The van der Waals surface area contributed by atoms with Crippen LogP contribution in [0.2, 0.25) is 0 Å². The molecule has 0 fully saturated rings. The molecule has 0 saturated heterocycles. The van der Waals surface area contributed by atoms with E-state index in [1.165, 1.54) is 6.07 Å². The molecule has 2 aromatic rings. The number of carbonyl (C=O) groups is 1. The Bertz CT molecular complexity index is 669. The number of nitrogens with one attached hydrogen (secondary N) is 3. The van der Waals surface area contributed by atoms with Gasteiger partial charge in [0.05, 0.1) is 5.56 Å². The number of hydrogen-bond acceptors (Lipinski definition) is 2. The largest absolute Gasteiger partial charge is 0.419 e. The molecule has 0 spiro atoms. The summed E-state index contributed by atoms with van der Waals surface area (Å²) < 4.78 is 37.3. The standard InChI is InChI=1S/C16H16F3N3O/c1-2-11-5-3-4-6-13(11)22-15(23)10-21-14-8-7-12(9-20-14)16(17,18)19/h3-9H,2,10H2,1H3,(H,20,21)(H,22,23)/p+1. The Morgan fingerprint density at radius 3 is 2.52 bits per heavy atom. The van der Waals surface area contributed by atoms with E-state index < -0.39 is 11.7 Å². The highest BCUT2D eigenvalue weighted by molar-refractivity contribution is 5.94. The lowest BCUT2D eigenvalue weighted by molar-refractivity contribution is -0.364. The first-order valence-corrected chi connectivity index (χ1v) is 7.10. The van der Waals surface area contributed by atoms with Crippen molar-refractivity contribution >= 4 is 17.4 Å². The van der Waals surface area contributed by atoms with Crippen molar-refractivity contribution in [3.8, 4) is 0 Å². The summed E-state index contributed by atoms with van der Waals surface area (Å²) in [4.78, 5) is 14.4. The van der Waals surface area contributed by atoms with E-state index in [4.69, 9.17) is 0 Å². The predicted molar refractivity (Wildman–Crippen MR) is 80.9 cm³/mol. The molecule has 0 aliphatic heterocycles. The van der Waals surface area contributed by atoms with Gasteiger partial charge in [-0.2, -0.15) is 13.2 Å². The number of aromatic amines is 1. The number of aromatic nitrogens is 1.